The Balaban J connectivity index is 1.91. The van der Waals surface area contributed by atoms with E-state index in [2.05, 4.69) is 5.32 Å². The molecule has 1 unspecified atom stereocenters. The topological polar surface area (TPSA) is 41.5 Å². The fourth-order valence-electron chi connectivity index (χ4n) is 2.26. The summed E-state index contributed by atoms with van der Waals surface area (Å²) in [6.07, 6.45) is -2.15. The number of benzene rings is 1. The maximum Gasteiger partial charge on any atom is 0.422 e. The van der Waals surface area contributed by atoms with Crippen molar-refractivity contribution in [2.24, 2.45) is 5.92 Å². The van der Waals surface area contributed by atoms with Gasteiger partial charge >= 0.3 is 6.18 Å². The molecule has 1 aliphatic carbocycles. The van der Waals surface area contributed by atoms with Crippen LogP contribution in [0.4, 0.5) is 13.2 Å². The fraction of sp³-hybridized carbons (Fsp3) is 0.600. The van der Waals surface area contributed by atoms with Crippen molar-refractivity contribution in [2.45, 2.75) is 38.0 Å². The van der Waals surface area contributed by atoms with Crippen LogP contribution in [0.2, 0.25) is 0 Å². The van der Waals surface area contributed by atoms with Gasteiger partial charge in [-0.3, -0.25) is 0 Å². The summed E-state index contributed by atoms with van der Waals surface area (Å²) in [5, 5.41) is 12.8. The predicted octanol–water partition coefficient (Wildman–Crippen LogP) is 2.88. The van der Waals surface area contributed by atoms with Crippen molar-refractivity contribution >= 4 is 0 Å². The summed E-state index contributed by atoms with van der Waals surface area (Å²) < 4.78 is 41.1. The van der Waals surface area contributed by atoms with Crippen LogP contribution in [-0.2, 0) is 6.54 Å². The van der Waals surface area contributed by atoms with Crippen LogP contribution >= 0.6 is 0 Å². The average molecular weight is 303 g/mol. The maximum atomic E-state index is 12.1. The van der Waals surface area contributed by atoms with Gasteiger partial charge in [-0.2, -0.15) is 13.2 Å². The minimum atomic E-state index is -4.34. The molecule has 2 N–H and O–H groups in total. The first kappa shape index (κ1) is 16.1. The van der Waals surface area contributed by atoms with Crippen molar-refractivity contribution in [3.05, 3.63) is 29.8 Å². The number of alkyl halides is 3. The van der Waals surface area contributed by atoms with Crippen LogP contribution in [0.1, 0.15) is 25.3 Å². The lowest BCUT2D eigenvalue weighted by atomic mass is 9.96. The number of hydrogen-bond acceptors (Lipinski definition) is 3. The third-order valence-electron chi connectivity index (χ3n) is 3.80. The number of aliphatic hydroxyl groups is 1. The highest BCUT2D eigenvalue weighted by molar-refractivity contribution is 5.28. The quantitative estimate of drug-likeness (QED) is 0.814. The molecule has 0 bridgehead atoms. The minimum absolute atomic E-state index is 0.0436. The highest BCUT2D eigenvalue weighted by atomic mass is 19.4. The van der Waals surface area contributed by atoms with Crippen molar-refractivity contribution in [3.8, 4) is 5.75 Å². The van der Waals surface area contributed by atoms with Crippen LogP contribution in [0.15, 0.2) is 24.3 Å². The van der Waals surface area contributed by atoms with Gasteiger partial charge in [0.25, 0.3) is 0 Å². The molecule has 0 heterocycles. The van der Waals surface area contributed by atoms with Gasteiger partial charge in [0.1, 0.15) is 5.75 Å². The zero-order valence-corrected chi connectivity index (χ0v) is 11.9. The Kier molecular flexibility index (Phi) is 4.78. The monoisotopic (exact) mass is 303 g/mol. The van der Waals surface area contributed by atoms with E-state index in [4.69, 9.17) is 4.74 Å². The van der Waals surface area contributed by atoms with Crippen molar-refractivity contribution in [2.75, 3.05) is 13.2 Å². The molecule has 6 heteroatoms. The first-order valence-electron chi connectivity index (χ1n) is 6.97. The zero-order valence-electron chi connectivity index (χ0n) is 11.9. The Bertz CT molecular complexity index is 474. The molecular weight excluding hydrogens is 283 g/mol. The van der Waals surface area contributed by atoms with Crippen LogP contribution in [0.3, 0.4) is 0 Å². The smallest absolute Gasteiger partial charge is 0.422 e. The van der Waals surface area contributed by atoms with Crippen molar-refractivity contribution < 1.29 is 23.0 Å². The highest BCUT2D eigenvalue weighted by Crippen LogP contribution is 2.39. The van der Waals surface area contributed by atoms with Gasteiger partial charge < -0.3 is 15.2 Å². The first-order chi connectivity index (χ1) is 9.82. The van der Waals surface area contributed by atoms with E-state index in [0.717, 1.165) is 18.4 Å². The molecule has 0 saturated heterocycles. The Morgan fingerprint density at radius 1 is 1.33 bits per heavy atom. The van der Waals surface area contributed by atoms with Crippen molar-refractivity contribution in [3.63, 3.8) is 0 Å². The molecule has 1 aromatic carbocycles. The summed E-state index contributed by atoms with van der Waals surface area (Å²) in [5.74, 6) is 0.663. The number of ether oxygens (including phenoxy) is 1. The molecule has 0 radical (unpaired) electrons. The van der Waals surface area contributed by atoms with Gasteiger partial charge in [0, 0.05) is 12.1 Å². The van der Waals surface area contributed by atoms with Crippen molar-refractivity contribution in [1.82, 2.24) is 5.32 Å². The fourth-order valence-corrected chi connectivity index (χ4v) is 2.26. The SMILES string of the molecule is CC(CO)(NCc1cccc(OCC(F)(F)F)c1)C1CC1. The third kappa shape index (κ3) is 4.89. The lowest BCUT2D eigenvalue weighted by Gasteiger charge is -2.29. The Hall–Kier alpha value is -1.27. The average Bonchev–Trinajstić information content (AvgIpc) is 3.27. The van der Waals surface area contributed by atoms with Crippen LogP contribution in [0, 0.1) is 5.92 Å². The second-order valence-electron chi connectivity index (χ2n) is 5.75. The number of nitrogens with one attached hydrogen (secondary N) is 1. The zero-order chi connectivity index (χ0) is 15.5. The molecule has 1 atom stereocenters. The minimum Gasteiger partial charge on any atom is -0.484 e. The van der Waals surface area contributed by atoms with E-state index in [1.54, 1.807) is 12.1 Å². The van der Waals surface area contributed by atoms with Gasteiger partial charge in [0.2, 0.25) is 0 Å². The Morgan fingerprint density at radius 2 is 2.05 bits per heavy atom. The normalized spacial score (nSPS) is 18.3. The second kappa shape index (κ2) is 6.23. The summed E-state index contributed by atoms with van der Waals surface area (Å²) in [6, 6.07) is 6.57. The van der Waals surface area contributed by atoms with Gasteiger partial charge in [-0.15, -0.1) is 0 Å². The summed E-state index contributed by atoms with van der Waals surface area (Å²) in [7, 11) is 0. The van der Waals surface area contributed by atoms with Gasteiger partial charge in [-0.1, -0.05) is 12.1 Å². The number of aliphatic hydroxyl groups excluding tert-OH is 1. The summed E-state index contributed by atoms with van der Waals surface area (Å²) in [4.78, 5) is 0. The molecule has 21 heavy (non-hydrogen) atoms. The third-order valence-corrected chi connectivity index (χ3v) is 3.80. The molecule has 3 nitrogen and oxygen atoms in total. The molecule has 1 saturated carbocycles. The number of hydrogen-bond donors (Lipinski definition) is 2. The van der Waals surface area contributed by atoms with Crippen molar-refractivity contribution in [1.29, 1.82) is 0 Å². The molecule has 0 aromatic heterocycles. The van der Waals surface area contributed by atoms with Crippen LogP contribution in [0.5, 0.6) is 5.75 Å². The molecule has 2 rings (SSSR count). The van der Waals surface area contributed by atoms with Gasteiger partial charge in [0.15, 0.2) is 6.61 Å². The Morgan fingerprint density at radius 3 is 2.62 bits per heavy atom. The summed E-state index contributed by atoms with van der Waals surface area (Å²) in [5.41, 5.74) is 0.498. The molecule has 1 aromatic rings. The Labute approximate surface area is 122 Å². The maximum absolute atomic E-state index is 12.1. The molecule has 0 spiro atoms. The summed E-state index contributed by atoms with van der Waals surface area (Å²) >= 11 is 0. The van der Waals surface area contributed by atoms with E-state index in [-0.39, 0.29) is 17.9 Å². The van der Waals surface area contributed by atoms with E-state index in [9.17, 15) is 18.3 Å². The predicted molar refractivity (Wildman–Crippen MR) is 73.0 cm³/mol. The lowest BCUT2D eigenvalue weighted by Crippen LogP contribution is -2.47. The highest BCUT2D eigenvalue weighted by Gasteiger charge is 2.40. The molecule has 118 valence electrons. The van der Waals surface area contributed by atoms with E-state index < -0.39 is 12.8 Å². The van der Waals surface area contributed by atoms with E-state index in [1.165, 1.54) is 6.07 Å². The van der Waals surface area contributed by atoms with Gasteiger partial charge in [0.05, 0.1) is 6.61 Å². The first-order valence-corrected chi connectivity index (χ1v) is 6.97. The molecular formula is C15H20F3NO2. The lowest BCUT2D eigenvalue weighted by molar-refractivity contribution is -0.153. The number of rotatable bonds is 7. The largest absolute Gasteiger partial charge is 0.484 e. The van der Waals surface area contributed by atoms with Crippen LogP contribution in [-0.4, -0.2) is 30.0 Å². The standard InChI is InChI=1S/C15H20F3NO2/c1-14(9-20,12-5-6-12)19-8-11-3-2-4-13(7-11)21-10-15(16,17)18/h2-4,7,12,19-20H,5-6,8-10H2,1H3. The van der Waals surface area contributed by atoms with Crippen LogP contribution in [0.25, 0.3) is 0 Å². The van der Waals surface area contributed by atoms with E-state index in [1.807, 2.05) is 13.0 Å². The van der Waals surface area contributed by atoms with Crippen LogP contribution < -0.4 is 10.1 Å². The van der Waals surface area contributed by atoms with E-state index >= 15 is 0 Å². The van der Waals surface area contributed by atoms with Gasteiger partial charge in [-0.05, 0) is 43.4 Å². The second-order valence-corrected chi connectivity index (χ2v) is 5.75. The van der Waals surface area contributed by atoms with E-state index in [0.29, 0.717) is 12.5 Å². The number of halogens is 3. The molecule has 1 fully saturated rings. The van der Waals surface area contributed by atoms with Gasteiger partial charge in [-0.25, -0.2) is 0 Å². The molecule has 0 aliphatic heterocycles. The molecule has 0 amide bonds. The summed E-state index contributed by atoms with van der Waals surface area (Å²) in [6.45, 7) is 1.20. The molecule has 1 aliphatic rings.